The van der Waals surface area contributed by atoms with Gasteiger partial charge in [-0.25, -0.2) is 14.2 Å². The lowest BCUT2D eigenvalue weighted by Gasteiger charge is -2.37. The van der Waals surface area contributed by atoms with Crippen molar-refractivity contribution in [2.75, 3.05) is 13.1 Å². The summed E-state index contributed by atoms with van der Waals surface area (Å²) < 4.78 is 24.6. The van der Waals surface area contributed by atoms with Crippen molar-refractivity contribution in [2.45, 2.75) is 76.2 Å². The lowest BCUT2D eigenvalue weighted by molar-refractivity contribution is -0.136. The molecule has 1 aliphatic heterocycles. The van der Waals surface area contributed by atoms with Gasteiger partial charge in [0, 0.05) is 25.6 Å². The van der Waals surface area contributed by atoms with Gasteiger partial charge in [0.25, 0.3) is 5.89 Å². The molecule has 2 N–H and O–H groups in total. The zero-order valence-corrected chi connectivity index (χ0v) is 19.4. The third kappa shape index (κ3) is 5.93. The number of oxazole rings is 1. The van der Waals surface area contributed by atoms with Gasteiger partial charge in [0.2, 0.25) is 11.7 Å². The Hall–Kier alpha value is -2.97. The minimum Gasteiger partial charge on any atom is -0.443 e. The summed E-state index contributed by atoms with van der Waals surface area (Å²) in [5, 5.41) is 0. The number of halogens is 1. The average molecular weight is 474 g/mol. The van der Waals surface area contributed by atoms with E-state index in [2.05, 4.69) is 4.98 Å². The molecule has 9 heteroatoms. The molecule has 2 heterocycles. The molecule has 2 fully saturated rings. The molecule has 2 amide bonds. The fourth-order valence-electron chi connectivity index (χ4n) is 5.34. The van der Waals surface area contributed by atoms with E-state index in [1.807, 2.05) is 0 Å². The van der Waals surface area contributed by atoms with Crippen molar-refractivity contribution in [1.82, 2.24) is 9.88 Å². The highest BCUT2D eigenvalue weighted by Gasteiger charge is 2.41. The van der Waals surface area contributed by atoms with Gasteiger partial charge < -0.3 is 19.8 Å². The maximum absolute atomic E-state index is 13.5. The summed E-state index contributed by atoms with van der Waals surface area (Å²) in [4.78, 5) is 43.9. The number of benzene rings is 1. The van der Waals surface area contributed by atoms with E-state index in [0.29, 0.717) is 30.9 Å². The summed E-state index contributed by atoms with van der Waals surface area (Å²) in [5.41, 5.74) is 4.87. The Bertz CT molecular complexity index is 1040. The lowest BCUT2D eigenvalue weighted by Crippen LogP contribution is -2.44. The molecule has 1 aliphatic carbocycles. The lowest BCUT2D eigenvalue weighted by atomic mass is 9.77. The molecule has 1 aromatic carbocycles. The molecule has 4 rings (SSSR count). The second kappa shape index (κ2) is 10.5. The van der Waals surface area contributed by atoms with Gasteiger partial charge >= 0.3 is 6.09 Å². The molecule has 0 radical (unpaired) electrons. The van der Waals surface area contributed by atoms with E-state index in [9.17, 15) is 18.8 Å². The highest BCUT2D eigenvalue weighted by Crippen LogP contribution is 2.38. The van der Waals surface area contributed by atoms with Gasteiger partial charge in [-0.15, -0.1) is 0 Å². The number of hydrogen-bond donors (Lipinski definition) is 1. The summed E-state index contributed by atoms with van der Waals surface area (Å²) in [7, 11) is 0. The first-order valence-corrected chi connectivity index (χ1v) is 12.2. The number of ether oxygens (including phenoxy) is 1. The van der Waals surface area contributed by atoms with Crippen molar-refractivity contribution < 1.29 is 27.9 Å². The van der Waals surface area contributed by atoms with Crippen LogP contribution in [0.2, 0.25) is 0 Å². The van der Waals surface area contributed by atoms with E-state index < -0.39 is 23.3 Å². The number of fused-ring (bicyclic) bond motifs is 1. The Balaban J connectivity index is 1.54. The van der Waals surface area contributed by atoms with E-state index in [1.165, 1.54) is 24.6 Å². The second-order valence-electron chi connectivity index (χ2n) is 9.63. The van der Waals surface area contributed by atoms with Crippen LogP contribution in [0.25, 0.3) is 11.1 Å². The molecule has 1 saturated carbocycles. The molecule has 184 valence electrons. The molecule has 1 saturated heterocycles. The monoisotopic (exact) mass is 473 g/mol. The molecule has 8 nitrogen and oxygen atoms in total. The molecular weight excluding hydrogens is 441 g/mol. The van der Waals surface area contributed by atoms with E-state index >= 15 is 0 Å². The molecular formula is C25H32FN3O5. The van der Waals surface area contributed by atoms with Crippen molar-refractivity contribution in [3.8, 4) is 0 Å². The molecule has 34 heavy (non-hydrogen) atoms. The Kier molecular flexibility index (Phi) is 7.48. The first kappa shape index (κ1) is 24.2. The van der Waals surface area contributed by atoms with Crippen molar-refractivity contribution in [2.24, 2.45) is 11.7 Å². The summed E-state index contributed by atoms with van der Waals surface area (Å²) in [6.07, 6.45) is 6.88. The standard InChI is InChI=1S/C25H32FN3O5/c26-18-8-9-19-21(14-18)33-23(28-19)20(30)10-11-25(34-24(27)32,15-17-6-2-1-3-7-17)16-22(31)29-12-4-5-13-29/h8-9,14,17H,1-7,10-13,15-16H2,(H2,27,32)/t25-/m0/s1. The maximum atomic E-state index is 13.5. The average Bonchev–Trinajstić information content (AvgIpc) is 3.48. The second-order valence-corrected chi connectivity index (χ2v) is 9.63. The summed E-state index contributed by atoms with van der Waals surface area (Å²) in [5.74, 6) is -0.797. The highest BCUT2D eigenvalue weighted by atomic mass is 19.1. The van der Waals surface area contributed by atoms with Crippen LogP contribution in [0.1, 0.15) is 81.3 Å². The zero-order chi connectivity index (χ0) is 24.1. The normalized spacial score (nSPS) is 18.7. The molecule has 1 atom stereocenters. The van der Waals surface area contributed by atoms with E-state index in [-0.39, 0.29) is 36.6 Å². The molecule has 2 aromatic rings. The predicted molar refractivity (Wildman–Crippen MR) is 123 cm³/mol. The number of amides is 2. The highest BCUT2D eigenvalue weighted by molar-refractivity contribution is 5.94. The number of nitrogens with two attached hydrogens (primary N) is 1. The van der Waals surface area contributed by atoms with Crippen LogP contribution in [0.3, 0.4) is 0 Å². The molecule has 0 bridgehead atoms. The van der Waals surface area contributed by atoms with E-state index in [0.717, 1.165) is 38.5 Å². The number of Topliss-reactive ketones (excluding diaryl/α,β-unsaturated/α-hetero) is 1. The number of ketones is 1. The number of nitrogens with zero attached hydrogens (tertiary/aromatic N) is 2. The van der Waals surface area contributed by atoms with Gasteiger partial charge in [0.05, 0.1) is 6.42 Å². The quantitative estimate of drug-likeness (QED) is 0.526. The van der Waals surface area contributed by atoms with Crippen molar-refractivity contribution in [1.29, 1.82) is 0 Å². The Labute approximate surface area is 198 Å². The van der Waals surface area contributed by atoms with Crippen LogP contribution in [0.15, 0.2) is 22.6 Å². The first-order chi connectivity index (χ1) is 16.3. The Morgan fingerprint density at radius 2 is 1.88 bits per heavy atom. The van der Waals surface area contributed by atoms with Crippen LogP contribution in [0, 0.1) is 11.7 Å². The summed E-state index contributed by atoms with van der Waals surface area (Å²) >= 11 is 0. The Morgan fingerprint density at radius 1 is 1.15 bits per heavy atom. The first-order valence-electron chi connectivity index (χ1n) is 12.2. The fraction of sp³-hybridized carbons (Fsp3) is 0.600. The number of likely N-dealkylation sites (tertiary alicyclic amines) is 1. The minimum absolute atomic E-state index is 0.00150. The number of primary amides is 1. The van der Waals surface area contributed by atoms with E-state index in [1.54, 1.807) is 4.90 Å². The number of rotatable bonds is 9. The number of hydrogen-bond acceptors (Lipinski definition) is 6. The smallest absolute Gasteiger partial charge is 0.405 e. The van der Waals surface area contributed by atoms with Crippen molar-refractivity contribution in [3.63, 3.8) is 0 Å². The zero-order valence-electron chi connectivity index (χ0n) is 19.4. The minimum atomic E-state index is -1.17. The van der Waals surface area contributed by atoms with Crippen LogP contribution in [-0.2, 0) is 9.53 Å². The maximum Gasteiger partial charge on any atom is 0.405 e. The molecule has 1 aromatic heterocycles. The van der Waals surface area contributed by atoms with Crippen LogP contribution in [0.5, 0.6) is 0 Å². The predicted octanol–water partition coefficient (Wildman–Crippen LogP) is 4.75. The fourth-order valence-corrected chi connectivity index (χ4v) is 5.34. The van der Waals surface area contributed by atoms with Gasteiger partial charge in [-0.1, -0.05) is 32.1 Å². The van der Waals surface area contributed by atoms with Crippen molar-refractivity contribution in [3.05, 3.63) is 29.9 Å². The number of carbonyl (C=O) groups excluding carboxylic acids is 3. The van der Waals surface area contributed by atoms with Gasteiger partial charge in [-0.3, -0.25) is 9.59 Å². The van der Waals surface area contributed by atoms with Gasteiger partial charge in [-0.2, -0.15) is 0 Å². The molecule has 0 spiro atoms. The topological polar surface area (TPSA) is 116 Å². The SMILES string of the molecule is NC(=O)O[C@](CCC(=O)c1nc2ccc(F)cc2o1)(CC(=O)N1CCCC1)CC1CCCCC1. The molecule has 2 aliphatic rings. The summed E-state index contributed by atoms with van der Waals surface area (Å²) in [6.45, 7) is 1.38. The van der Waals surface area contributed by atoms with Crippen LogP contribution in [-0.4, -0.2) is 46.4 Å². The van der Waals surface area contributed by atoms with E-state index in [4.69, 9.17) is 14.9 Å². The van der Waals surface area contributed by atoms with Crippen molar-refractivity contribution >= 4 is 28.9 Å². The Morgan fingerprint density at radius 3 is 2.59 bits per heavy atom. The van der Waals surface area contributed by atoms with Gasteiger partial charge in [0.1, 0.15) is 16.9 Å². The third-order valence-electron chi connectivity index (χ3n) is 7.03. The van der Waals surface area contributed by atoms with Crippen LogP contribution >= 0.6 is 0 Å². The number of aromatic nitrogens is 1. The van der Waals surface area contributed by atoms with Crippen LogP contribution < -0.4 is 5.73 Å². The summed E-state index contributed by atoms with van der Waals surface area (Å²) in [6, 6.07) is 3.87. The molecule has 0 unspecified atom stereocenters. The van der Waals surface area contributed by atoms with Gasteiger partial charge in [-0.05, 0) is 43.7 Å². The number of carbonyl (C=O) groups is 3. The largest absolute Gasteiger partial charge is 0.443 e. The van der Waals surface area contributed by atoms with Gasteiger partial charge in [0.15, 0.2) is 5.58 Å². The third-order valence-corrected chi connectivity index (χ3v) is 7.03. The van der Waals surface area contributed by atoms with Crippen LogP contribution in [0.4, 0.5) is 9.18 Å².